The van der Waals surface area contributed by atoms with E-state index in [1.807, 2.05) is 0 Å². The lowest BCUT2D eigenvalue weighted by Gasteiger charge is -2.38. The normalized spacial score (nSPS) is 35.8. The van der Waals surface area contributed by atoms with Gasteiger partial charge >= 0.3 is 0 Å². The van der Waals surface area contributed by atoms with Crippen LogP contribution in [-0.4, -0.2) is 37.2 Å². The van der Waals surface area contributed by atoms with Crippen LogP contribution in [-0.2, 0) is 4.74 Å². The highest BCUT2D eigenvalue weighted by atomic mass is 16.5. The van der Waals surface area contributed by atoms with Crippen molar-refractivity contribution in [3.05, 3.63) is 0 Å². The van der Waals surface area contributed by atoms with E-state index in [9.17, 15) is 0 Å². The van der Waals surface area contributed by atoms with Gasteiger partial charge in [-0.1, -0.05) is 13.3 Å². The highest BCUT2D eigenvalue weighted by Gasteiger charge is 2.25. The van der Waals surface area contributed by atoms with E-state index in [4.69, 9.17) is 4.74 Å². The van der Waals surface area contributed by atoms with Crippen molar-refractivity contribution in [1.82, 2.24) is 4.90 Å². The Balaban J connectivity index is 1.76. The van der Waals surface area contributed by atoms with Crippen LogP contribution >= 0.6 is 0 Å². The molecule has 0 radical (unpaired) electrons. The minimum Gasteiger partial charge on any atom is -0.379 e. The summed E-state index contributed by atoms with van der Waals surface area (Å²) in [5, 5.41) is 0. The highest BCUT2D eigenvalue weighted by Crippen LogP contribution is 2.29. The molecule has 14 heavy (non-hydrogen) atoms. The fourth-order valence-corrected chi connectivity index (χ4v) is 2.86. The molecule has 0 aromatic rings. The first-order chi connectivity index (χ1) is 6.90. The average Bonchev–Trinajstić information content (AvgIpc) is 2.30. The molecular formula is C12H23NO. The SMILES string of the molecule is CC[C@H]1CC[C@H](N2CCOCC2)CC1. The van der Waals surface area contributed by atoms with Gasteiger partial charge in [0.2, 0.25) is 0 Å². The van der Waals surface area contributed by atoms with Gasteiger partial charge in [0.05, 0.1) is 13.2 Å². The fraction of sp³-hybridized carbons (Fsp3) is 1.00. The largest absolute Gasteiger partial charge is 0.379 e. The first-order valence-corrected chi connectivity index (χ1v) is 6.22. The van der Waals surface area contributed by atoms with Gasteiger partial charge in [0.15, 0.2) is 0 Å². The van der Waals surface area contributed by atoms with Crippen LogP contribution in [0.2, 0.25) is 0 Å². The van der Waals surface area contributed by atoms with Crippen molar-refractivity contribution in [2.45, 2.75) is 45.1 Å². The van der Waals surface area contributed by atoms with E-state index in [0.29, 0.717) is 0 Å². The van der Waals surface area contributed by atoms with Crippen LogP contribution in [0.4, 0.5) is 0 Å². The molecule has 0 spiro atoms. The Morgan fingerprint density at radius 3 is 2.29 bits per heavy atom. The van der Waals surface area contributed by atoms with E-state index in [-0.39, 0.29) is 0 Å². The molecular weight excluding hydrogens is 174 g/mol. The standard InChI is InChI=1S/C12H23NO/c1-2-11-3-5-12(6-4-11)13-7-9-14-10-8-13/h11-12H,2-10H2,1H3/t11-,12-. The number of hydrogen-bond donors (Lipinski definition) is 0. The highest BCUT2D eigenvalue weighted by molar-refractivity contribution is 4.80. The minimum absolute atomic E-state index is 0.877. The summed E-state index contributed by atoms with van der Waals surface area (Å²) in [5.41, 5.74) is 0. The van der Waals surface area contributed by atoms with Crippen molar-refractivity contribution in [1.29, 1.82) is 0 Å². The molecule has 0 amide bonds. The summed E-state index contributed by atoms with van der Waals surface area (Å²) in [6.45, 7) is 6.57. The number of nitrogens with zero attached hydrogens (tertiary/aromatic N) is 1. The van der Waals surface area contributed by atoms with Crippen LogP contribution in [0.25, 0.3) is 0 Å². The van der Waals surface area contributed by atoms with Crippen molar-refractivity contribution in [2.75, 3.05) is 26.3 Å². The number of morpholine rings is 1. The monoisotopic (exact) mass is 197 g/mol. The van der Waals surface area contributed by atoms with Crippen molar-refractivity contribution < 1.29 is 4.74 Å². The summed E-state index contributed by atoms with van der Waals surface area (Å²) in [6.07, 6.45) is 7.16. The second-order valence-corrected chi connectivity index (χ2v) is 4.73. The zero-order valence-corrected chi connectivity index (χ0v) is 9.37. The quantitative estimate of drug-likeness (QED) is 0.673. The number of ether oxygens (including phenoxy) is 1. The Labute approximate surface area is 87.6 Å². The van der Waals surface area contributed by atoms with Gasteiger partial charge in [-0.15, -0.1) is 0 Å². The number of hydrogen-bond acceptors (Lipinski definition) is 2. The van der Waals surface area contributed by atoms with E-state index >= 15 is 0 Å². The molecule has 2 aliphatic rings. The van der Waals surface area contributed by atoms with Crippen molar-refractivity contribution in [3.63, 3.8) is 0 Å². The molecule has 0 atom stereocenters. The van der Waals surface area contributed by atoms with Crippen LogP contribution in [0, 0.1) is 5.92 Å². The van der Waals surface area contributed by atoms with Crippen LogP contribution in [0.3, 0.4) is 0 Å². The van der Waals surface area contributed by atoms with Crippen LogP contribution in [0.1, 0.15) is 39.0 Å². The van der Waals surface area contributed by atoms with Gasteiger partial charge in [0.25, 0.3) is 0 Å². The van der Waals surface area contributed by atoms with E-state index in [1.165, 1.54) is 45.2 Å². The van der Waals surface area contributed by atoms with E-state index in [0.717, 1.165) is 25.2 Å². The van der Waals surface area contributed by atoms with E-state index in [1.54, 1.807) is 0 Å². The van der Waals surface area contributed by atoms with Crippen LogP contribution in [0.5, 0.6) is 0 Å². The Kier molecular flexibility index (Phi) is 3.82. The number of rotatable bonds is 2. The van der Waals surface area contributed by atoms with Gasteiger partial charge in [-0.3, -0.25) is 4.90 Å². The topological polar surface area (TPSA) is 12.5 Å². The van der Waals surface area contributed by atoms with Gasteiger partial charge in [0, 0.05) is 19.1 Å². The maximum Gasteiger partial charge on any atom is 0.0594 e. The summed E-state index contributed by atoms with van der Waals surface area (Å²) in [6, 6.07) is 0.877. The Bertz CT molecular complexity index is 158. The third-order valence-electron chi connectivity index (χ3n) is 3.96. The Hall–Kier alpha value is -0.0800. The smallest absolute Gasteiger partial charge is 0.0594 e. The molecule has 1 heterocycles. The molecule has 0 bridgehead atoms. The molecule has 0 aromatic carbocycles. The minimum atomic E-state index is 0.877. The van der Waals surface area contributed by atoms with Crippen molar-refractivity contribution >= 4 is 0 Å². The van der Waals surface area contributed by atoms with Gasteiger partial charge < -0.3 is 4.74 Å². The zero-order chi connectivity index (χ0) is 9.80. The zero-order valence-electron chi connectivity index (χ0n) is 9.37. The van der Waals surface area contributed by atoms with Crippen LogP contribution < -0.4 is 0 Å². The molecule has 82 valence electrons. The molecule has 2 heteroatoms. The molecule has 2 fully saturated rings. The maximum absolute atomic E-state index is 5.39. The molecule has 1 saturated heterocycles. The molecule has 1 aliphatic heterocycles. The lowest BCUT2D eigenvalue weighted by Crippen LogP contribution is -2.44. The second-order valence-electron chi connectivity index (χ2n) is 4.73. The van der Waals surface area contributed by atoms with Gasteiger partial charge in [-0.25, -0.2) is 0 Å². The third-order valence-corrected chi connectivity index (χ3v) is 3.96. The molecule has 0 aromatic heterocycles. The molecule has 1 aliphatic carbocycles. The third kappa shape index (κ3) is 2.48. The maximum atomic E-state index is 5.39. The Morgan fingerprint density at radius 2 is 1.71 bits per heavy atom. The van der Waals surface area contributed by atoms with Gasteiger partial charge in [0.1, 0.15) is 0 Å². The molecule has 0 unspecified atom stereocenters. The lowest BCUT2D eigenvalue weighted by molar-refractivity contribution is 0.00482. The summed E-state index contributed by atoms with van der Waals surface area (Å²) in [5.74, 6) is 1.02. The van der Waals surface area contributed by atoms with Crippen LogP contribution in [0.15, 0.2) is 0 Å². The average molecular weight is 197 g/mol. The van der Waals surface area contributed by atoms with Crippen molar-refractivity contribution in [2.24, 2.45) is 5.92 Å². The van der Waals surface area contributed by atoms with E-state index < -0.39 is 0 Å². The lowest BCUT2D eigenvalue weighted by atomic mass is 9.84. The predicted octanol–water partition coefficient (Wildman–Crippen LogP) is 2.29. The molecule has 2 rings (SSSR count). The summed E-state index contributed by atoms with van der Waals surface area (Å²) < 4.78 is 5.39. The summed E-state index contributed by atoms with van der Waals surface area (Å²) >= 11 is 0. The van der Waals surface area contributed by atoms with Gasteiger partial charge in [-0.05, 0) is 31.6 Å². The second kappa shape index (κ2) is 5.13. The fourth-order valence-electron chi connectivity index (χ4n) is 2.86. The van der Waals surface area contributed by atoms with E-state index in [2.05, 4.69) is 11.8 Å². The summed E-state index contributed by atoms with van der Waals surface area (Å²) in [4.78, 5) is 2.65. The summed E-state index contributed by atoms with van der Waals surface area (Å²) in [7, 11) is 0. The van der Waals surface area contributed by atoms with Crippen molar-refractivity contribution in [3.8, 4) is 0 Å². The first-order valence-electron chi connectivity index (χ1n) is 6.22. The first kappa shape index (κ1) is 10.4. The Morgan fingerprint density at radius 1 is 1.07 bits per heavy atom. The molecule has 0 N–H and O–H groups in total. The van der Waals surface area contributed by atoms with Gasteiger partial charge in [-0.2, -0.15) is 0 Å². The molecule has 2 nitrogen and oxygen atoms in total. The predicted molar refractivity (Wildman–Crippen MR) is 58.4 cm³/mol. The molecule has 1 saturated carbocycles.